The Morgan fingerprint density at radius 2 is 2.16 bits per heavy atom. The van der Waals surface area contributed by atoms with Gasteiger partial charge >= 0.3 is 5.97 Å². The molecule has 1 fully saturated rings. The highest BCUT2D eigenvalue weighted by Gasteiger charge is 2.52. The van der Waals surface area contributed by atoms with Gasteiger partial charge in [-0.05, 0) is 12.1 Å². The maximum Gasteiger partial charge on any atom is 0.353 e. The molecule has 1 amide bonds. The summed E-state index contributed by atoms with van der Waals surface area (Å²) in [6.07, 6.45) is 3.40. The predicted molar refractivity (Wildman–Crippen MR) is 96.9 cm³/mol. The lowest BCUT2D eigenvalue weighted by Crippen LogP contribution is -2.68. The summed E-state index contributed by atoms with van der Waals surface area (Å²) in [5.41, 5.74) is 7.55. The molecule has 4 heterocycles. The Labute approximate surface area is 155 Å². The van der Waals surface area contributed by atoms with E-state index in [0.29, 0.717) is 10.7 Å². The van der Waals surface area contributed by atoms with E-state index < -0.39 is 12.0 Å². The predicted octanol–water partition coefficient (Wildman–Crippen LogP) is 1.84. The van der Waals surface area contributed by atoms with E-state index in [1.807, 2.05) is 17.5 Å². The fourth-order valence-corrected chi connectivity index (χ4v) is 6.04. The van der Waals surface area contributed by atoms with Crippen LogP contribution >= 0.6 is 34.9 Å². The van der Waals surface area contributed by atoms with Gasteiger partial charge in [-0.2, -0.15) is 0 Å². The summed E-state index contributed by atoms with van der Waals surface area (Å²) in [4.78, 5) is 34.1. The highest BCUT2D eigenvalue weighted by molar-refractivity contribution is 8.07. The topological polar surface area (TPSA) is 109 Å². The number of hydrogen-bond donors (Lipinski definition) is 2. The molecule has 128 valence electrons. The van der Waals surface area contributed by atoms with E-state index >= 15 is 0 Å². The number of hydrogen-bond acceptors (Lipinski definition) is 8. The van der Waals surface area contributed by atoms with Crippen molar-refractivity contribution in [2.75, 3.05) is 5.75 Å². The molecule has 2 aliphatic rings. The molecule has 1 saturated heterocycles. The molecule has 0 unspecified atom stereocenters. The number of fused-ring (bicyclic) bond motifs is 1. The number of carbonyl (C=O) groups excluding carboxylic acids is 1. The Bertz CT molecular complexity index is 883. The standard InChI is InChI=1S/C15H12N4O3S3/c16-10-12(20)19-11(14(21)22)9(6-23-13(10)19)25-15-18-8(5-24-15)7-1-3-17-4-2-7/h1-5,10,13H,6,16H2,(H,21,22)/t10-,13+/m1/s1. The molecule has 25 heavy (non-hydrogen) atoms. The van der Waals surface area contributed by atoms with Gasteiger partial charge in [0.05, 0.1) is 5.69 Å². The number of rotatable bonds is 4. The fraction of sp³-hybridized carbons (Fsp3) is 0.200. The van der Waals surface area contributed by atoms with Gasteiger partial charge in [-0.25, -0.2) is 9.78 Å². The molecule has 7 nitrogen and oxygen atoms in total. The van der Waals surface area contributed by atoms with Gasteiger partial charge in [0.2, 0.25) is 5.91 Å². The van der Waals surface area contributed by atoms with Gasteiger partial charge in [0.25, 0.3) is 0 Å². The summed E-state index contributed by atoms with van der Waals surface area (Å²) in [6, 6.07) is 3.11. The Hall–Kier alpha value is -1.88. The van der Waals surface area contributed by atoms with Gasteiger partial charge in [-0.1, -0.05) is 11.8 Å². The Morgan fingerprint density at radius 3 is 2.88 bits per heavy atom. The smallest absolute Gasteiger partial charge is 0.353 e. The number of nitrogens with two attached hydrogens (primary N) is 1. The molecule has 2 aliphatic heterocycles. The van der Waals surface area contributed by atoms with Crippen LogP contribution in [0.3, 0.4) is 0 Å². The van der Waals surface area contributed by atoms with Crippen molar-refractivity contribution in [2.24, 2.45) is 5.73 Å². The summed E-state index contributed by atoms with van der Waals surface area (Å²) in [5.74, 6) is -0.957. The summed E-state index contributed by atoms with van der Waals surface area (Å²) < 4.78 is 0.733. The number of amides is 1. The van der Waals surface area contributed by atoms with Crippen LogP contribution < -0.4 is 5.73 Å². The second kappa shape index (κ2) is 6.45. The summed E-state index contributed by atoms with van der Waals surface area (Å²) in [7, 11) is 0. The summed E-state index contributed by atoms with van der Waals surface area (Å²) in [6.45, 7) is 0. The lowest BCUT2D eigenvalue weighted by molar-refractivity contribution is -0.147. The number of aromatic nitrogens is 2. The lowest BCUT2D eigenvalue weighted by atomic mass is 10.1. The maximum absolute atomic E-state index is 12.0. The zero-order valence-corrected chi connectivity index (χ0v) is 15.1. The van der Waals surface area contributed by atoms with Gasteiger partial charge in [-0.15, -0.1) is 23.1 Å². The molecule has 2 aromatic heterocycles. The third-order valence-electron chi connectivity index (χ3n) is 3.85. The molecular formula is C15H12N4O3S3. The quantitative estimate of drug-likeness (QED) is 0.759. The molecule has 0 aliphatic carbocycles. The van der Waals surface area contributed by atoms with E-state index in [4.69, 9.17) is 5.73 Å². The first-order valence-corrected chi connectivity index (χ1v) is 10.0. The minimum Gasteiger partial charge on any atom is -0.477 e. The van der Waals surface area contributed by atoms with Gasteiger partial charge in [0, 0.05) is 34.0 Å². The van der Waals surface area contributed by atoms with Crippen LogP contribution in [0.25, 0.3) is 11.3 Å². The number of thioether (sulfide) groups is 2. The number of nitrogens with zero attached hydrogens (tertiary/aromatic N) is 3. The van der Waals surface area contributed by atoms with Crippen LogP contribution in [0.2, 0.25) is 0 Å². The number of carboxylic acids is 1. The van der Waals surface area contributed by atoms with Gasteiger partial charge in [-0.3, -0.25) is 14.7 Å². The van der Waals surface area contributed by atoms with Crippen molar-refractivity contribution in [1.82, 2.24) is 14.9 Å². The number of carbonyl (C=O) groups is 2. The second-order valence-electron chi connectivity index (χ2n) is 5.35. The molecule has 0 bridgehead atoms. The van der Waals surface area contributed by atoms with Crippen LogP contribution in [0.15, 0.2) is 44.8 Å². The van der Waals surface area contributed by atoms with Crippen molar-refractivity contribution in [3.8, 4) is 11.3 Å². The van der Waals surface area contributed by atoms with Crippen LogP contribution in [-0.4, -0.2) is 49.0 Å². The zero-order valence-electron chi connectivity index (χ0n) is 12.7. The van der Waals surface area contributed by atoms with Crippen molar-refractivity contribution in [1.29, 1.82) is 0 Å². The van der Waals surface area contributed by atoms with E-state index in [0.717, 1.165) is 15.6 Å². The van der Waals surface area contributed by atoms with Crippen molar-refractivity contribution >= 4 is 46.7 Å². The van der Waals surface area contributed by atoms with E-state index in [1.54, 1.807) is 12.4 Å². The largest absolute Gasteiger partial charge is 0.477 e. The van der Waals surface area contributed by atoms with Crippen LogP contribution in [0, 0.1) is 0 Å². The van der Waals surface area contributed by atoms with Crippen molar-refractivity contribution in [2.45, 2.75) is 15.8 Å². The molecular weight excluding hydrogens is 380 g/mol. The molecule has 0 radical (unpaired) electrons. The molecule has 0 spiro atoms. The third-order valence-corrected chi connectivity index (χ3v) is 7.35. The molecule has 0 saturated carbocycles. The van der Waals surface area contributed by atoms with E-state index in [2.05, 4.69) is 9.97 Å². The SMILES string of the molecule is N[C@@H]1C(=O)N2C(C(=O)O)=C(Sc3nc(-c4ccncc4)cs3)CS[C@@H]12. The number of aliphatic carboxylic acids is 1. The number of carboxylic acid groups (broad SMARTS) is 1. The highest BCUT2D eigenvalue weighted by Crippen LogP contribution is 2.45. The van der Waals surface area contributed by atoms with E-state index in [9.17, 15) is 14.7 Å². The summed E-state index contributed by atoms with van der Waals surface area (Å²) >= 11 is 4.22. The first-order chi connectivity index (χ1) is 12.1. The maximum atomic E-state index is 12.0. The van der Waals surface area contributed by atoms with Gasteiger partial charge in [0.15, 0.2) is 4.34 Å². The van der Waals surface area contributed by atoms with Crippen molar-refractivity contribution in [3.63, 3.8) is 0 Å². The minimum atomic E-state index is -1.11. The number of thiazole rings is 1. The third kappa shape index (κ3) is 2.84. The zero-order chi connectivity index (χ0) is 17.6. The normalized spacial score (nSPS) is 22.6. The van der Waals surface area contributed by atoms with Crippen LogP contribution in [0.4, 0.5) is 0 Å². The van der Waals surface area contributed by atoms with Crippen molar-refractivity contribution < 1.29 is 14.7 Å². The first kappa shape index (κ1) is 16.6. The van der Waals surface area contributed by atoms with Crippen LogP contribution in [0.5, 0.6) is 0 Å². The monoisotopic (exact) mass is 392 g/mol. The Morgan fingerprint density at radius 1 is 1.40 bits per heavy atom. The lowest BCUT2D eigenvalue weighted by Gasteiger charge is -2.47. The molecule has 3 N–H and O–H groups in total. The minimum absolute atomic E-state index is 0.0288. The number of β-lactam (4-membered cyclic amide) rings is 1. The molecule has 10 heteroatoms. The van der Waals surface area contributed by atoms with Crippen LogP contribution in [0.1, 0.15) is 0 Å². The molecule has 2 aromatic rings. The molecule has 4 rings (SSSR count). The average molecular weight is 392 g/mol. The Kier molecular flexibility index (Phi) is 4.28. The number of pyridine rings is 1. The van der Waals surface area contributed by atoms with Gasteiger partial charge in [0.1, 0.15) is 17.1 Å². The Balaban J connectivity index is 1.62. The average Bonchev–Trinajstić information content (AvgIpc) is 3.09. The van der Waals surface area contributed by atoms with Gasteiger partial charge < -0.3 is 10.8 Å². The van der Waals surface area contributed by atoms with E-state index in [1.165, 1.54) is 39.8 Å². The van der Waals surface area contributed by atoms with E-state index in [-0.39, 0.29) is 17.0 Å². The fourth-order valence-electron chi connectivity index (χ4n) is 2.63. The second-order valence-corrected chi connectivity index (χ2v) is 8.65. The first-order valence-electron chi connectivity index (χ1n) is 7.26. The van der Waals surface area contributed by atoms with Crippen LogP contribution in [-0.2, 0) is 9.59 Å². The highest BCUT2D eigenvalue weighted by atomic mass is 32.2. The molecule has 2 atom stereocenters. The molecule has 0 aromatic carbocycles. The summed E-state index contributed by atoms with van der Waals surface area (Å²) in [5, 5.41) is 11.2. The van der Waals surface area contributed by atoms with Crippen molar-refractivity contribution in [3.05, 3.63) is 40.5 Å².